The second kappa shape index (κ2) is 6.95. The number of aliphatic carboxylic acids is 1. The summed E-state index contributed by atoms with van der Waals surface area (Å²) in [4.78, 5) is 24.5. The van der Waals surface area contributed by atoms with Crippen molar-refractivity contribution in [2.24, 2.45) is 5.41 Å². The Balaban J connectivity index is 2.50. The molecule has 0 radical (unpaired) electrons. The monoisotopic (exact) mass is 269 g/mol. The fraction of sp³-hybridized carbons (Fsp3) is 0.750. The number of hydrogen-bond acceptors (Lipinski definition) is 4. The highest BCUT2D eigenvalue weighted by Gasteiger charge is 2.40. The Morgan fingerprint density at radius 2 is 2.11 bits per heavy atom. The molecule has 2 amide bonds. The normalized spacial score (nSPS) is 17.3. The minimum absolute atomic E-state index is 0.0847. The SMILES string of the molecule is CN(CCC#N)C(=O)NCC1(C(=O)O)CCOCC1. The number of carboxylic acids is 1. The van der Waals surface area contributed by atoms with Gasteiger partial charge < -0.3 is 20.1 Å². The van der Waals surface area contributed by atoms with Gasteiger partial charge in [0.2, 0.25) is 0 Å². The van der Waals surface area contributed by atoms with Crippen LogP contribution in [-0.4, -0.2) is 55.4 Å². The van der Waals surface area contributed by atoms with Crippen LogP contribution < -0.4 is 5.32 Å². The summed E-state index contributed by atoms with van der Waals surface area (Å²) in [6.45, 7) is 1.20. The molecule has 1 fully saturated rings. The minimum atomic E-state index is -0.940. The van der Waals surface area contributed by atoms with Crippen LogP contribution in [0.15, 0.2) is 0 Å². The molecule has 1 aliphatic heterocycles. The Labute approximate surface area is 112 Å². The van der Waals surface area contributed by atoms with Gasteiger partial charge in [0, 0.05) is 33.4 Å². The van der Waals surface area contributed by atoms with E-state index in [-0.39, 0.29) is 19.0 Å². The van der Waals surface area contributed by atoms with Crippen molar-refractivity contribution in [1.29, 1.82) is 5.26 Å². The standard InChI is InChI=1S/C12H19N3O4/c1-15(6-2-5-13)11(18)14-9-12(10(16)17)3-7-19-8-4-12/h2-4,6-9H2,1H3,(H,14,18)(H,16,17). The summed E-state index contributed by atoms with van der Waals surface area (Å²) in [5.74, 6) is -0.907. The summed E-state index contributed by atoms with van der Waals surface area (Å²) in [5, 5.41) is 20.4. The lowest BCUT2D eigenvalue weighted by atomic mass is 9.80. The van der Waals surface area contributed by atoms with Gasteiger partial charge in [-0.05, 0) is 12.8 Å². The number of hydrogen-bond donors (Lipinski definition) is 2. The van der Waals surface area contributed by atoms with Crippen LogP contribution in [0.25, 0.3) is 0 Å². The quantitative estimate of drug-likeness (QED) is 0.753. The summed E-state index contributed by atoms with van der Waals surface area (Å²) in [5.41, 5.74) is -0.940. The molecule has 0 unspecified atom stereocenters. The first-order valence-corrected chi connectivity index (χ1v) is 6.19. The van der Waals surface area contributed by atoms with Gasteiger partial charge in [-0.1, -0.05) is 0 Å². The zero-order valence-electron chi connectivity index (χ0n) is 11.0. The highest BCUT2D eigenvalue weighted by atomic mass is 16.5. The highest BCUT2D eigenvalue weighted by molar-refractivity contribution is 5.78. The fourth-order valence-corrected chi connectivity index (χ4v) is 1.93. The zero-order valence-corrected chi connectivity index (χ0v) is 11.0. The van der Waals surface area contributed by atoms with Crippen molar-refractivity contribution in [3.05, 3.63) is 0 Å². The van der Waals surface area contributed by atoms with Gasteiger partial charge in [-0.2, -0.15) is 5.26 Å². The maximum absolute atomic E-state index is 11.7. The first kappa shape index (κ1) is 15.2. The van der Waals surface area contributed by atoms with E-state index in [2.05, 4.69) is 5.32 Å². The minimum Gasteiger partial charge on any atom is -0.481 e. The van der Waals surface area contributed by atoms with Gasteiger partial charge in [0.15, 0.2) is 0 Å². The molecule has 0 aromatic heterocycles. The van der Waals surface area contributed by atoms with Crippen LogP contribution in [0.5, 0.6) is 0 Å². The van der Waals surface area contributed by atoms with Gasteiger partial charge in [0.25, 0.3) is 0 Å². The van der Waals surface area contributed by atoms with Crippen molar-refractivity contribution < 1.29 is 19.4 Å². The summed E-state index contributed by atoms with van der Waals surface area (Å²) in [7, 11) is 1.57. The van der Waals surface area contributed by atoms with Gasteiger partial charge in [-0.25, -0.2) is 4.79 Å². The van der Waals surface area contributed by atoms with E-state index in [0.717, 1.165) is 0 Å². The first-order valence-electron chi connectivity index (χ1n) is 6.19. The maximum Gasteiger partial charge on any atom is 0.317 e. The van der Waals surface area contributed by atoms with Gasteiger partial charge in [0.1, 0.15) is 0 Å². The molecule has 1 heterocycles. The van der Waals surface area contributed by atoms with Crippen molar-refractivity contribution >= 4 is 12.0 Å². The number of nitrogens with zero attached hydrogens (tertiary/aromatic N) is 2. The molecule has 106 valence electrons. The number of urea groups is 1. The van der Waals surface area contributed by atoms with E-state index in [1.807, 2.05) is 6.07 Å². The van der Waals surface area contributed by atoms with Crippen LogP contribution in [0.2, 0.25) is 0 Å². The highest BCUT2D eigenvalue weighted by Crippen LogP contribution is 2.30. The Hall–Kier alpha value is -1.81. The van der Waals surface area contributed by atoms with Gasteiger partial charge >= 0.3 is 12.0 Å². The Bertz CT molecular complexity index is 372. The molecule has 7 heteroatoms. The molecule has 0 aromatic carbocycles. The largest absolute Gasteiger partial charge is 0.481 e. The first-order chi connectivity index (χ1) is 9.02. The summed E-state index contributed by atoms with van der Waals surface area (Å²) in [6, 6.07) is 1.59. The number of amides is 2. The second-order valence-corrected chi connectivity index (χ2v) is 4.69. The predicted octanol–water partition coefficient (Wildman–Crippen LogP) is 0.423. The van der Waals surface area contributed by atoms with Crippen LogP contribution in [0.1, 0.15) is 19.3 Å². The fourth-order valence-electron chi connectivity index (χ4n) is 1.93. The van der Waals surface area contributed by atoms with E-state index in [4.69, 9.17) is 10.00 Å². The van der Waals surface area contributed by atoms with Gasteiger partial charge in [-0.3, -0.25) is 4.79 Å². The summed E-state index contributed by atoms with van der Waals surface area (Å²) in [6.07, 6.45) is 1.04. The van der Waals surface area contributed by atoms with Crippen molar-refractivity contribution in [2.45, 2.75) is 19.3 Å². The molecular weight excluding hydrogens is 250 g/mol. The Kier molecular flexibility index (Phi) is 5.57. The van der Waals surface area contributed by atoms with Crippen LogP contribution in [0.4, 0.5) is 4.79 Å². The summed E-state index contributed by atoms with van der Waals surface area (Å²) < 4.78 is 5.16. The lowest BCUT2D eigenvalue weighted by molar-refractivity contribution is -0.154. The average Bonchev–Trinajstić information content (AvgIpc) is 2.42. The summed E-state index contributed by atoms with van der Waals surface area (Å²) >= 11 is 0. The smallest absolute Gasteiger partial charge is 0.317 e. The molecule has 0 atom stereocenters. The molecule has 0 bridgehead atoms. The van der Waals surface area contributed by atoms with Crippen LogP contribution >= 0.6 is 0 Å². The third-order valence-corrected chi connectivity index (χ3v) is 3.39. The molecule has 1 aliphatic rings. The van der Waals surface area contributed by atoms with Gasteiger partial charge in [-0.15, -0.1) is 0 Å². The molecule has 1 saturated heterocycles. The Morgan fingerprint density at radius 1 is 1.47 bits per heavy atom. The molecule has 7 nitrogen and oxygen atoms in total. The van der Waals surface area contributed by atoms with Crippen LogP contribution in [0.3, 0.4) is 0 Å². The van der Waals surface area contributed by atoms with Crippen LogP contribution in [0, 0.1) is 16.7 Å². The van der Waals surface area contributed by atoms with E-state index < -0.39 is 11.4 Å². The van der Waals surface area contributed by atoms with E-state index in [1.54, 1.807) is 7.05 Å². The molecule has 0 saturated carbocycles. The molecule has 0 aromatic rings. The third kappa shape index (κ3) is 4.10. The molecule has 0 aliphatic carbocycles. The number of nitriles is 1. The molecular formula is C12H19N3O4. The average molecular weight is 269 g/mol. The number of nitrogens with one attached hydrogen (secondary N) is 1. The topological polar surface area (TPSA) is 103 Å². The van der Waals surface area contributed by atoms with Crippen molar-refractivity contribution in [3.63, 3.8) is 0 Å². The maximum atomic E-state index is 11.7. The molecule has 2 N–H and O–H groups in total. The number of carbonyl (C=O) groups excluding carboxylic acids is 1. The Morgan fingerprint density at radius 3 is 2.63 bits per heavy atom. The number of ether oxygens (including phenoxy) is 1. The molecule has 0 spiro atoms. The predicted molar refractivity (Wildman–Crippen MR) is 66.4 cm³/mol. The number of carboxylic acid groups (broad SMARTS) is 1. The number of rotatable bonds is 5. The zero-order chi connectivity index (χ0) is 14.3. The van der Waals surface area contributed by atoms with Crippen molar-refractivity contribution in [2.75, 3.05) is 33.4 Å². The van der Waals surface area contributed by atoms with Gasteiger partial charge in [0.05, 0.1) is 17.9 Å². The van der Waals surface area contributed by atoms with E-state index >= 15 is 0 Å². The molecule has 19 heavy (non-hydrogen) atoms. The second-order valence-electron chi connectivity index (χ2n) is 4.69. The van der Waals surface area contributed by atoms with Crippen molar-refractivity contribution in [1.82, 2.24) is 10.2 Å². The van der Waals surface area contributed by atoms with E-state index in [1.165, 1.54) is 4.90 Å². The van der Waals surface area contributed by atoms with E-state index in [9.17, 15) is 14.7 Å². The molecule has 1 rings (SSSR count). The lowest BCUT2D eigenvalue weighted by Crippen LogP contribution is -2.49. The third-order valence-electron chi connectivity index (χ3n) is 3.39. The van der Waals surface area contributed by atoms with Crippen LogP contribution in [-0.2, 0) is 9.53 Å². The lowest BCUT2D eigenvalue weighted by Gasteiger charge is -2.33. The van der Waals surface area contributed by atoms with E-state index in [0.29, 0.717) is 32.6 Å². The number of carbonyl (C=O) groups is 2. The van der Waals surface area contributed by atoms with Crippen molar-refractivity contribution in [3.8, 4) is 6.07 Å².